The molecule has 2 aromatic heterocycles. The molecule has 0 radical (unpaired) electrons. The summed E-state index contributed by atoms with van der Waals surface area (Å²) in [6, 6.07) is 8.43. The predicted molar refractivity (Wildman–Crippen MR) is 103 cm³/mol. The zero-order chi connectivity index (χ0) is 21.4. The van der Waals surface area contributed by atoms with Crippen molar-refractivity contribution in [2.24, 2.45) is 0 Å². The summed E-state index contributed by atoms with van der Waals surface area (Å²) in [6.45, 7) is 1.68. The number of phenolic OH excluding ortho intramolecular Hbond substituents is 2. The van der Waals surface area contributed by atoms with Crippen molar-refractivity contribution in [3.63, 3.8) is 0 Å². The molecule has 0 fully saturated rings. The van der Waals surface area contributed by atoms with E-state index in [9.17, 15) is 23.8 Å². The molecule has 152 valence electrons. The van der Waals surface area contributed by atoms with Gasteiger partial charge in [0.2, 0.25) is 0 Å². The Bertz CT molecular complexity index is 1290. The molecule has 9 heteroatoms. The van der Waals surface area contributed by atoms with Crippen LogP contribution in [0.15, 0.2) is 47.0 Å². The Morgan fingerprint density at radius 3 is 2.67 bits per heavy atom. The van der Waals surface area contributed by atoms with Gasteiger partial charge < -0.3 is 20.1 Å². The Hall–Kier alpha value is -4.01. The molecule has 0 saturated heterocycles. The number of aromatic hydroxyl groups is 2. The molecule has 0 aliphatic heterocycles. The van der Waals surface area contributed by atoms with E-state index in [1.807, 2.05) is 0 Å². The topological polar surface area (TPSA) is 108 Å². The highest BCUT2D eigenvalue weighted by molar-refractivity contribution is 6.07. The first-order valence-corrected chi connectivity index (χ1v) is 8.85. The smallest absolute Gasteiger partial charge is 0.259 e. The molecule has 0 spiro atoms. The second kappa shape index (κ2) is 7.43. The number of hydrogen-bond acceptors (Lipinski definition) is 6. The maximum absolute atomic E-state index is 14.2. The molecule has 2 heterocycles. The standard InChI is InChI=1S/C21H15F2N3O4/c1-10-19-14(20(29)24-9-11-2-5-17(27)18(28)6-11)8-16(25-21(19)30-26-10)13-7-12(22)3-4-15(13)23/h2-8,27-28H,9H2,1H3,(H,24,29). The normalized spacial score (nSPS) is 11.0. The molecule has 0 aliphatic rings. The number of carbonyl (C=O) groups excluding carboxylic acids is 1. The van der Waals surface area contributed by atoms with Gasteiger partial charge in [0.05, 0.1) is 22.3 Å². The molecule has 7 nitrogen and oxygen atoms in total. The number of aromatic nitrogens is 2. The van der Waals surface area contributed by atoms with Crippen molar-refractivity contribution in [1.29, 1.82) is 0 Å². The van der Waals surface area contributed by atoms with Crippen molar-refractivity contribution in [3.05, 3.63) is 70.9 Å². The highest BCUT2D eigenvalue weighted by Gasteiger charge is 2.21. The number of nitrogens with zero attached hydrogens (tertiary/aromatic N) is 2. The van der Waals surface area contributed by atoms with E-state index in [0.717, 1.165) is 18.2 Å². The minimum atomic E-state index is -0.703. The number of halogens is 2. The first kappa shape index (κ1) is 19.3. The zero-order valence-electron chi connectivity index (χ0n) is 15.6. The highest BCUT2D eigenvalue weighted by atomic mass is 19.1. The van der Waals surface area contributed by atoms with Gasteiger partial charge in [-0.3, -0.25) is 4.79 Å². The van der Waals surface area contributed by atoms with E-state index in [1.165, 1.54) is 24.3 Å². The van der Waals surface area contributed by atoms with Gasteiger partial charge in [0.15, 0.2) is 11.5 Å². The van der Waals surface area contributed by atoms with Crippen molar-refractivity contribution in [3.8, 4) is 22.8 Å². The number of pyridine rings is 1. The van der Waals surface area contributed by atoms with Crippen LogP contribution in [0.4, 0.5) is 8.78 Å². The van der Waals surface area contributed by atoms with Crippen LogP contribution in [-0.4, -0.2) is 26.3 Å². The van der Waals surface area contributed by atoms with Crippen molar-refractivity contribution in [2.45, 2.75) is 13.5 Å². The summed E-state index contributed by atoms with van der Waals surface area (Å²) in [5, 5.41) is 25.8. The SMILES string of the molecule is Cc1noc2nc(-c3cc(F)ccc3F)cc(C(=O)NCc3ccc(O)c(O)c3)c12. The lowest BCUT2D eigenvalue weighted by atomic mass is 10.0. The van der Waals surface area contributed by atoms with Crippen LogP contribution in [0.1, 0.15) is 21.6 Å². The molecule has 4 rings (SSSR count). The van der Waals surface area contributed by atoms with Crippen LogP contribution in [0.3, 0.4) is 0 Å². The third kappa shape index (κ3) is 3.52. The summed E-state index contributed by atoms with van der Waals surface area (Å²) in [5.41, 5.74) is 0.992. The fraction of sp³-hybridized carbons (Fsp3) is 0.0952. The lowest BCUT2D eigenvalue weighted by Crippen LogP contribution is -2.23. The van der Waals surface area contributed by atoms with Gasteiger partial charge in [-0.05, 0) is 48.9 Å². The summed E-state index contributed by atoms with van der Waals surface area (Å²) >= 11 is 0. The average molecular weight is 411 g/mol. The number of carbonyl (C=O) groups is 1. The molecule has 0 atom stereocenters. The zero-order valence-corrected chi connectivity index (χ0v) is 15.6. The van der Waals surface area contributed by atoms with Crippen LogP contribution in [0.2, 0.25) is 0 Å². The number of nitrogens with one attached hydrogen (secondary N) is 1. The molecule has 2 aromatic carbocycles. The molecule has 0 aliphatic carbocycles. The molecular formula is C21H15F2N3O4. The monoisotopic (exact) mass is 411 g/mol. The Morgan fingerprint density at radius 1 is 1.10 bits per heavy atom. The van der Waals surface area contributed by atoms with Crippen molar-refractivity contribution in [1.82, 2.24) is 15.5 Å². The number of benzene rings is 2. The van der Waals surface area contributed by atoms with Gasteiger partial charge in [0.1, 0.15) is 11.6 Å². The number of amides is 1. The number of fused-ring (bicyclic) bond motifs is 1. The van der Waals surface area contributed by atoms with Gasteiger partial charge in [-0.25, -0.2) is 13.8 Å². The quantitative estimate of drug-likeness (QED) is 0.441. The Morgan fingerprint density at radius 2 is 1.90 bits per heavy atom. The first-order chi connectivity index (χ1) is 14.3. The molecule has 0 bridgehead atoms. The average Bonchev–Trinajstić information content (AvgIpc) is 3.10. The van der Waals surface area contributed by atoms with E-state index in [1.54, 1.807) is 6.92 Å². The van der Waals surface area contributed by atoms with E-state index in [-0.39, 0.29) is 40.6 Å². The first-order valence-electron chi connectivity index (χ1n) is 8.85. The van der Waals surface area contributed by atoms with Gasteiger partial charge in [-0.2, -0.15) is 0 Å². The maximum atomic E-state index is 14.2. The molecular weight excluding hydrogens is 396 g/mol. The molecule has 0 unspecified atom stereocenters. The van der Waals surface area contributed by atoms with Crippen LogP contribution in [0.25, 0.3) is 22.4 Å². The Balaban J connectivity index is 1.73. The molecule has 3 N–H and O–H groups in total. The van der Waals surface area contributed by atoms with Crippen LogP contribution >= 0.6 is 0 Å². The number of hydrogen-bond donors (Lipinski definition) is 3. The van der Waals surface area contributed by atoms with Crippen molar-refractivity contribution >= 4 is 17.0 Å². The number of aryl methyl sites for hydroxylation is 1. The number of phenols is 2. The lowest BCUT2D eigenvalue weighted by Gasteiger charge is -2.09. The third-order valence-electron chi connectivity index (χ3n) is 4.56. The van der Waals surface area contributed by atoms with Crippen LogP contribution < -0.4 is 5.32 Å². The van der Waals surface area contributed by atoms with Crippen LogP contribution in [-0.2, 0) is 6.54 Å². The predicted octanol–water partition coefficient (Wildman–Crippen LogP) is 3.82. The van der Waals surface area contributed by atoms with Gasteiger partial charge in [-0.1, -0.05) is 11.2 Å². The van der Waals surface area contributed by atoms with Gasteiger partial charge in [-0.15, -0.1) is 0 Å². The Kier molecular flexibility index (Phi) is 4.78. The molecule has 0 saturated carbocycles. The fourth-order valence-electron chi connectivity index (χ4n) is 3.06. The van der Waals surface area contributed by atoms with Gasteiger partial charge in [0.25, 0.3) is 11.6 Å². The summed E-state index contributed by atoms with van der Waals surface area (Å²) < 4.78 is 33.0. The van der Waals surface area contributed by atoms with E-state index in [2.05, 4.69) is 15.5 Å². The van der Waals surface area contributed by atoms with Gasteiger partial charge >= 0.3 is 0 Å². The largest absolute Gasteiger partial charge is 0.504 e. The van der Waals surface area contributed by atoms with Crippen molar-refractivity contribution < 1.29 is 28.3 Å². The van der Waals surface area contributed by atoms with E-state index in [0.29, 0.717) is 16.6 Å². The summed E-state index contributed by atoms with van der Waals surface area (Å²) in [6.07, 6.45) is 0. The molecule has 4 aromatic rings. The summed E-state index contributed by atoms with van der Waals surface area (Å²) in [5.74, 6) is -2.47. The minimum absolute atomic E-state index is 0.0149. The Labute approximate surface area is 168 Å². The van der Waals surface area contributed by atoms with Gasteiger partial charge in [0, 0.05) is 12.1 Å². The third-order valence-corrected chi connectivity index (χ3v) is 4.56. The van der Waals surface area contributed by atoms with E-state index < -0.39 is 17.5 Å². The maximum Gasteiger partial charge on any atom is 0.259 e. The second-order valence-electron chi connectivity index (χ2n) is 6.63. The fourth-order valence-corrected chi connectivity index (χ4v) is 3.06. The molecule has 1 amide bonds. The summed E-state index contributed by atoms with van der Waals surface area (Å²) in [7, 11) is 0. The van der Waals surface area contributed by atoms with Crippen LogP contribution in [0, 0.1) is 18.6 Å². The summed E-state index contributed by atoms with van der Waals surface area (Å²) in [4.78, 5) is 17.1. The minimum Gasteiger partial charge on any atom is -0.504 e. The van der Waals surface area contributed by atoms with E-state index in [4.69, 9.17) is 4.52 Å². The van der Waals surface area contributed by atoms with Crippen molar-refractivity contribution in [2.75, 3.05) is 0 Å². The molecule has 30 heavy (non-hydrogen) atoms. The second-order valence-corrected chi connectivity index (χ2v) is 6.63. The number of rotatable bonds is 4. The highest BCUT2D eigenvalue weighted by Crippen LogP contribution is 2.29. The van der Waals surface area contributed by atoms with Crippen LogP contribution in [0.5, 0.6) is 11.5 Å². The lowest BCUT2D eigenvalue weighted by molar-refractivity contribution is 0.0952. The van der Waals surface area contributed by atoms with E-state index >= 15 is 0 Å².